The van der Waals surface area contributed by atoms with Gasteiger partial charge in [-0.3, -0.25) is 19.3 Å². The van der Waals surface area contributed by atoms with Gasteiger partial charge in [0.2, 0.25) is 17.7 Å². The number of amides is 3. The van der Waals surface area contributed by atoms with E-state index in [4.69, 9.17) is 0 Å². The minimum atomic E-state index is -0.0798. The quantitative estimate of drug-likeness (QED) is 0.720. The van der Waals surface area contributed by atoms with E-state index in [2.05, 4.69) is 11.0 Å². The van der Waals surface area contributed by atoms with E-state index in [1.54, 1.807) is 0 Å². The van der Waals surface area contributed by atoms with Crippen molar-refractivity contribution in [3.8, 4) is 0 Å². The van der Waals surface area contributed by atoms with Crippen LogP contribution in [0.1, 0.15) is 38.2 Å². The first-order valence-electron chi connectivity index (χ1n) is 11.7. The zero-order chi connectivity index (χ0) is 21.8. The van der Waals surface area contributed by atoms with Gasteiger partial charge in [-0.2, -0.15) is 0 Å². The molecule has 1 atom stereocenters. The molecule has 3 aliphatic rings. The second-order valence-electron chi connectivity index (χ2n) is 8.95. The van der Waals surface area contributed by atoms with E-state index in [0.29, 0.717) is 32.6 Å². The number of fused-ring (bicyclic) bond motifs is 1. The number of hydrogen-bond donors (Lipinski definition) is 0. The predicted molar refractivity (Wildman–Crippen MR) is 120 cm³/mol. The molecule has 0 radical (unpaired) electrons. The Labute approximate surface area is 185 Å². The molecule has 0 N–H and O–H groups in total. The van der Waals surface area contributed by atoms with Crippen LogP contribution in [0.25, 0.3) is 0 Å². The summed E-state index contributed by atoms with van der Waals surface area (Å²) in [6.45, 7) is 7.26. The lowest BCUT2D eigenvalue weighted by Crippen LogP contribution is -2.54. The molecule has 3 amide bonds. The van der Waals surface area contributed by atoms with E-state index < -0.39 is 0 Å². The first kappa shape index (κ1) is 21.8. The van der Waals surface area contributed by atoms with Gasteiger partial charge in [0.05, 0.1) is 12.5 Å². The molecule has 31 heavy (non-hydrogen) atoms. The minimum absolute atomic E-state index is 0.0798. The third-order valence-electron chi connectivity index (χ3n) is 6.82. The molecule has 7 nitrogen and oxygen atoms in total. The summed E-state index contributed by atoms with van der Waals surface area (Å²) in [4.78, 5) is 46.0. The number of piperidine rings is 1. The molecule has 0 spiro atoms. The monoisotopic (exact) mass is 426 g/mol. The van der Waals surface area contributed by atoms with E-state index in [1.165, 1.54) is 5.56 Å². The highest BCUT2D eigenvalue weighted by Crippen LogP contribution is 2.27. The van der Waals surface area contributed by atoms with Crippen LogP contribution in [0.3, 0.4) is 0 Å². The fraction of sp³-hybridized carbons (Fsp3) is 0.625. The van der Waals surface area contributed by atoms with Crippen LogP contribution in [0.2, 0.25) is 0 Å². The molecule has 0 aromatic heterocycles. The molecule has 7 heteroatoms. The van der Waals surface area contributed by atoms with Gasteiger partial charge in [-0.1, -0.05) is 25.1 Å². The molecular formula is C24H34N4O3. The van der Waals surface area contributed by atoms with E-state index in [1.807, 2.05) is 39.8 Å². The van der Waals surface area contributed by atoms with Crippen molar-refractivity contribution < 1.29 is 14.4 Å². The topological polar surface area (TPSA) is 64.2 Å². The Morgan fingerprint density at radius 3 is 2.48 bits per heavy atom. The van der Waals surface area contributed by atoms with Gasteiger partial charge in [0.15, 0.2) is 0 Å². The third-order valence-corrected chi connectivity index (χ3v) is 6.82. The zero-order valence-corrected chi connectivity index (χ0v) is 18.6. The van der Waals surface area contributed by atoms with Crippen molar-refractivity contribution in [1.82, 2.24) is 14.7 Å². The summed E-state index contributed by atoms with van der Waals surface area (Å²) >= 11 is 0. The molecule has 2 fully saturated rings. The van der Waals surface area contributed by atoms with Gasteiger partial charge < -0.3 is 14.7 Å². The molecule has 0 saturated carbocycles. The first-order chi connectivity index (χ1) is 15.1. The zero-order valence-electron chi connectivity index (χ0n) is 18.6. The fourth-order valence-electron chi connectivity index (χ4n) is 5.04. The predicted octanol–water partition coefficient (Wildman–Crippen LogP) is 1.76. The Balaban J connectivity index is 1.25. The molecule has 0 aliphatic carbocycles. The Hall–Kier alpha value is -2.41. The van der Waals surface area contributed by atoms with Crippen molar-refractivity contribution in [3.05, 3.63) is 29.8 Å². The number of likely N-dealkylation sites (tertiary alicyclic amines) is 1. The molecule has 1 unspecified atom stereocenters. The summed E-state index contributed by atoms with van der Waals surface area (Å²) in [7, 11) is 0. The Morgan fingerprint density at radius 2 is 1.71 bits per heavy atom. The van der Waals surface area contributed by atoms with Crippen molar-refractivity contribution in [2.45, 2.75) is 39.0 Å². The van der Waals surface area contributed by atoms with E-state index >= 15 is 0 Å². The van der Waals surface area contributed by atoms with Gasteiger partial charge in [0, 0.05) is 57.9 Å². The van der Waals surface area contributed by atoms with Crippen LogP contribution < -0.4 is 4.90 Å². The Bertz CT molecular complexity index is 819. The van der Waals surface area contributed by atoms with Crippen LogP contribution in [0.4, 0.5) is 5.69 Å². The number of anilines is 1. The number of para-hydroxylation sites is 1. The van der Waals surface area contributed by atoms with Crippen molar-refractivity contribution in [1.29, 1.82) is 0 Å². The largest absolute Gasteiger partial charge is 0.342 e. The number of nitrogens with zero attached hydrogens (tertiary/aromatic N) is 4. The summed E-state index contributed by atoms with van der Waals surface area (Å²) in [5.41, 5.74) is 2.28. The maximum atomic E-state index is 13.0. The highest BCUT2D eigenvalue weighted by Gasteiger charge is 2.33. The number of benzene rings is 1. The van der Waals surface area contributed by atoms with Crippen LogP contribution in [-0.4, -0.2) is 84.8 Å². The van der Waals surface area contributed by atoms with E-state index in [0.717, 1.165) is 57.5 Å². The number of carbonyl (C=O) groups excluding carboxylic acids is 3. The van der Waals surface area contributed by atoms with Crippen LogP contribution in [0, 0.1) is 5.92 Å². The summed E-state index contributed by atoms with van der Waals surface area (Å²) in [6.07, 6.45) is 4.09. The highest BCUT2D eigenvalue weighted by atomic mass is 16.2. The lowest BCUT2D eigenvalue weighted by atomic mass is 9.95. The molecule has 0 bridgehead atoms. The van der Waals surface area contributed by atoms with Crippen LogP contribution in [-0.2, 0) is 20.8 Å². The molecule has 2 saturated heterocycles. The number of rotatable bonds is 5. The van der Waals surface area contributed by atoms with Gasteiger partial charge in [0.1, 0.15) is 0 Å². The van der Waals surface area contributed by atoms with Gasteiger partial charge >= 0.3 is 0 Å². The number of hydrogen-bond acceptors (Lipinski definition) is 4. The van der Waals surface area contributed by atoms with Crippen molar-refractivity contribution in [3.63, 3.8) is 0 Å². The number of piperazine rings is 1. The van der Waals surface area contributed by atoms with Gasteiger partial charge in [0.25, 0.3) is 0 Å². The van der Waals surface area contributed by atoms with E-state index in [-0.39, 0.29) is 23.6 Å². The summed E-state index contributed by atoms with van der Waals surface area (Å²) < 4.78 is 0. The fourth-order valence-corrected chi connectivity index (χ4v) is 5.04. The molecule has 1 aromatic carbocycles. The smallest absolute Gasteiger partial charge is 0.241 e. The first-order valence-corrected chi connectivity index (χ1v) is 11.7. The normalized spacial score (nSPS) is 21.8. The molecule has 1 aromatic rings. The SMILES string of the molecule is CCCC(=O)N1CCCC(C(=O)N2CCN(CC(=O)N3CCc4ccccc43)CC2)C1. The van der Waals surface area contributed by atoms with Crippen LogP contribution in [0.15, 0.2) is 24.3 Å². The lowest BCUT2D eigenvalue weighted by Gasteiger charge is -2.39. The lowest BCUT2D eigenvalue weighted by molar-refractivity contribution is -0.142. The summed E-state index contributed by atoms with van der Waals surface area (Å²) in [5, 5.41) is 0. The molecule has 4 rings (SSSR count). The average Bonchev–Trinajstić information content (AvgIpc) is 3.24. The second kappa shape index (κ2) is 9.81. The average molecular weight is 427 g/mol. The minimum Gasteiger partial charge on any atom is -0.342 e. The second-order valence-corrected chi connectivity index (χ2v) is 8.95. The van der Waals surface area contributed by atoms with Crippen LogP contribution >= 0.6 is 0 Å². The maximum Gasteiger partial charge on any atom is 0.241 e. The summed E-state index contributed by atoms with van der Waals surface area (Å²) in [5.74, 6) is 0.409. The van der Waals surface area contributed by atoms with E-state index in [9.17, 15) is 14.4 Å². The molecule has 3 aliphatic heterocycles. The standard InChI is InChI=1S/C24H34N4O3/c1-2-6-22(29)27-11-5-8-20(17-27)24(31)26-15-13-25(14-16-26)18-23(30)28-12-10-19-7-3-4-9-21(19)28/h3-4,7,9,20H,2,5-6,8,10-18H2,1H3. The summed E-state index contributed by atoms with van der Waals surface area (Å²) in [6, 6.07) is 8.12. The Morgan fingerprint density at radius 1 is 0.935 bits per heavy atom. The number of carbonyl (C=O) groups is 3. The molecule has 168 valence electrons. The third kappa shape index (κ3) is 4.92. The van der Waals surface area contributed by atoms with Crippen LogP contribution in [0.5, 0.6) is 0 Å². The molecule has 3 heterocycles. The van der Waals surface area contributed by atoms with Gasteiger partial charge in [-0.15, -0.1) is 0 Å². The maximum absolute atomic E-state index is 13.0. The van der Waals surface area contributed by atoms with Crippen molar-refractivity contribution in [2.75, 3.05) is 57.3 Å². The van der Waals surface area contributed by atoms with Crippen molar-refractivity contribution in [2.24, 2.45) is 5.92 Å². The van der Waals surface area contributed by atoms with Crippen molar-refractivity contribution >= 4 is 23.4 Å². The molecular weight excluding hydrogens is 392 g/mol. The van der Waals surface area contributed by atoms with Gasteiger partial charge in [-0.25, -0.2) is 0 Å². The highest BCUT2D eigenvalue weighted by molar-refractivity contribution is 5.96. The Kier molecular flexibility index (Phi) is 6.90. The van der Waals surface area contributed by atoms with Gasteiger partial charge in [-0.05, 0) is 37.3 Å².